The van der Waals surface area contributed by atoms with Crippen molar-refractivity contribution in [3.63, 3.8) is 0 Å². The fourth-order valence-corrected chi connectivity index (χ4v) is 3.10. The predicted molar refractivity (Wildman–Crippen MR) is 105 cm³/mol. The lowest BCUT2D eigenvalue weighted by atomic mass is 10.0. The Balaban J connectivity index is 2.07. The molecule has 1 fully saturated rings. The fourth-order valence-electron chi connectivity index (χ4n) is 2.63. The number of hydrogen-bond acceptors (Lipinski definition) is 4. The predicted octanol–water partition coefficient (Wildman–Crippen LogP) is 3.49. The summed E-state index contributed by atoms with van der Waals surface area (Å²) in [5.74, 6) is -1.17. The van der Waals surface area contributed by atoms with E-state index in [1.165, 1.54) is 23.1 Å². The fraction of sp³-hybridized carbons (Fsp3) is 0.105. The van der Waals surface area contributed by atoms with E-state index in [0.717, 1.165) is 11.1 Å². The number of aromatic hydroxyl groups is 1. The number of phenols is 1. The summed E-state index contributed by atoms with van der Waals surface area (Å²) < 4.78 is 0. The Hall–Kier alpha value is -2.70. The van der Waals surface area contributed by atoms with Crippen LogP contribution in [0.3, 0.4) is 0 Å². The Labute approximate surface area is 160 Å². The van der Waals surface area contributed by atoms with Gasteiger partial charge in [-0.2, -0.15) is 0 Å². The molecular weight excluding hydrogens is 372 g/mol. The summed E-state index contributed by atoms with van der Waals surface area (Å²) in [5, 5.41) is 12.2. The Morgan fingerprint density at radius 3 is 2.62 bits per heavy atom. The average molecular weight is 387 g/mol. The van der Waals surface area contributed by atoms with Crippen molar-refractivity contribution >= 4 is 52.5 Å². The second-order valence-corrected chi connectivity index (χ2v) is 6.68. The highest BCUT2D eigenvalue weighted by Gasteiger charge is 2.35. The minimum Gasteiger partial charge on any atom is -0.506 e. The number of anilines is 1. The Bertz CT molecular complexity index is 985. The van der Waals surface area contributed by atoms with E-state index in [4.69, 9.17) is 23.8 Å². The number of aryl methyl sites for hydroxylation is 1. The normalized spacial score (nSPS) is 16.2. The summed E-state index contributed by atoms with van der Waals surface area (Å²) in [5.41, 5.74) is 2.97. The van der Waals surface area contributed by atoms with Gasteiger partial charge in [0.25, 0.3) is 11.8 Å². The molecule has 0 bridgehead atoms. The van der Waals surface area contributed by atoms with Crippen LogP contribution >= 0.6 is 23.8 Å². The van der Waals surface area contributed by atoms with Crippen molar-refractivity contribution in [1.29, 1.82) is 0 Å². The second kappa shape index (κ2) is 6.90. The Morgan fingerprint density at radius 2 is 1.92 bits per heavy atom. The quantitative estimate of drug-likeness (QED) is 0.471. The van der Waals surface area contributed by atoms with Crippen LogP contribution in [-0.2, 0) is 9.59 Å². The van der Waals surface area contributed by atoms with Crippen LogP contribution in [0.4, 0.5) is 5.69 Å². The lowest BCUT2D eigenvalue weighted by molar-refractivity contribution is -0.122. The monoisotopic (exact) mass is 386 g/mol. The van der Waals surface area contributed by atoms with E-state index in [2.05, 4.69) is 5.32 Å². The molecule has 2 aromatic rings. The van der Waals surface area contributed by atoms with Gasteiger partial charge < -0.3 is 5.11 Å². The number of carbonyl (C=O) groups excluding carboxylic acids is 2. The highest BCUT2D eigenvalue weighted by Crippen LogP contribution is 2.28. The standard InChI is InChI=1S/C19H15ClN2O3S/c1-10-4-3-5-15(11(10)2)22-18(25)13(17(24)21-19(22)26)8-12-6-7-16(23)14(20)9-12/h3-9,23H,1-2H3,(H,21,24,26)/b13-8+. The number of halogens is 1. The van der Waals surface area contributed by atoms with Gasteiger partial charge in [0.05, 0.1) is 10.7 Å². The number of rotatable bonds is 2. The molecule has 1 heterocycles. The lowest BCUT2D eigenvalue weighted by Crippen LogP contribution is -2.54. The summed E-state index contributed by atoms with van der Waals surface area (Å²) in [6.45, 7) is 3.82. The molecule has 26 heavy (non-hydrogen) atoms. The number of phenolic OH excluding ortho intramolecular Hbond substituents is 1. The van der Waals surface area contributed by atoms with Gasteiger partial charge in [0.1, 0.15) is 11.3 Å². The number of carbonyl (C=O) groups is 2. The van der Waals surface area contributed by atoms with Gasteiger partial charge in [0.2, 0.25) is 0 Å². The zero-order valence-electron chi connectivity index (χ0n) is 14.0. The SMILES string of the molecule is Cc1cccc(N2C(=O)/C(=C/c3ccc(O)c(Cl)c3)C(=O)NC2=S)c1C. The van der Waals surface area contributed by atoms with Gasteiger partial charge in [-0.05, 0) is 67.0 Å². The first-order valence-electron chi connectivity index (χ1n) is 7.76. The minimum atomic E-state index is -0.578. The van der Waals surface area contributed by atoms with E-state index < -0.39 is 11.8 Å². The van der Waals surface area contributed by atoms with Crippen LogP contribution in [0.25, 0.3) is 6.08 Å². The van der Waals surface area contributed by atoms with E-state index in [-0.39, 0.29) is 21.5 Å². The molecule has 0 spiro atoms. The highest BCUT2D eigenvalue weighted by atomic mass is 35.5. The first kappa shape index (κ1) is 18.1. The van der Waals surface area contributed by atoms with Gasteiger partial charge in [-0.3, -0.25) is 19.8 Å². The molecule has 132 valence electrons. The average Bonchev–Trinajstić information content (AvgIpc) is 2.58. The third kappa shape index (κ3) is 3.21. The van der Waals surface area contributed by atoms with Crippen LogP contribution in [0.15, 0.2) is 42.0 Å². The molecule has 1 saturated heterocycles. The third-order valence-corrected chi connectivity index (χ3v) is 4.79. The largest absolute Gasteiger partial charge is 0.506 e. The van der Waals surface area contributed by atoms with Crippen LogP contribution in [-0.4, -0.2) is 22.0 Å². The molecule has 1 aliphatic rings. The summed E-state index contributed by atoms with van der Waals surface area (Å²) in [7, 11) is 0. The molecule has 3 rings (SSSR count). The van der Waals surface area contributed by atoms with Crippen LogP contribution in [0.1, 0.15) is 16.7 Å². The molecule has 2 N–H and O–H groups in total. The van der Waals surface area contributed by atoms with Crippen molar-refractivity contribution in [3.05, 3.63) is 63.7 Å². The number of nitrogens with zero attached hydrogens (tertiary/aromatic N) is 1. The van der Waals surface area contributed by atoms with Crippen molar-refractivity contribution in [2.75, 3.05) is 4.90 Å². The van der Waals surface area contributed by atoms with Crippen LogP contribution in [0, 0.1) is 13.8 Å². The van der Waals surface area contributed by atoms with Gasteiger partial charge in [0.15, 0.2) is 5.11 Å². The van der Waals surface area contributed by atoms with E-state index in [1.54, 1.807) is 12.1 Å². The topological polar surface area (TPSA) is 69.6 Å². The molecule has 0 saturated carbocycles. The Morgan fingerprint density at radius 1 is 1.19 bits per heavy atom. The maximum Gasteiger partial charge on any atom is 0.270 e. The molecule has 0 radical (unpaired) electrons. The van der Waals surface area contributed by atoms with E-state index in [1.807, 2.05) is 26.0 Å². The van der Waals surface area contributed by atoms with Crippen LogP contribution in [0.5, 0.6) is 5.75 Å². The number of amides is 2. The van der Waals surface area contributed by atoms with E-state index in [9.17, 15) is 14.7 Å². The molecule has 2 amide bonds. The van der Waals surface area contributed by atoms with Crippen molar-refractivity contribution < 1.29 is 14.7 Å². The van der Waals surface area contributed by atoms with Gasteiger partial charge >= 0.3 is 0 Å². The van der Waals surface area contributed by atoms with Gasteiger partial charge in [-0.25, -0.2) is 0 Å². The van der Waals surface area contributed by atoms with Crippen molar-refractivity contribution in [3.8, 4) is 5.75 Å². The highest BCUT2D eigenvalue weighted by molar-refractivity contribution is 7.80. The molecule has 7 heteroatoms. The van der Waals surface area contributed by atoms with Crippen LogP contribution < -0.4 is 10.2 Å². The molecule has 0 unspecified atom stereocenters. The number of benzene rings is 2. The van der Waals surface area contributed by atoms with Crippen molar-refractivity contribution in [2.45, 2.75) is 13.8 Å². The lowest BCUT2D eigenvalue weighted by Gasteiger charge is -2.30. The van der Waals surface area contributed by atoms with Gasteiger partial charge in [0, 0.05) is 0 Å². The maximum atomic E-state index is 13.0. The molecule has 0 aromatic heterocycles. The number of nitrogens with one attached hydrogen (secondary N) is 1. The van der Waals surface area contributed by atoms with Crippen molar-refractivity contribution in [2.24, 2.45) is 0 Å². The summed E-state index contributed by atoms with van der Waals surface area (Å²) in [6.07, 6.45) is 1.42. The zero-order chi connectivity index (χ0) is 19.0. The minimum absolute atomic E-state index is 0.0367. The number of hydrogen-bond donors (Lipinski definition) is 2. The maximum absolute atomic E-state index is 13.0. The van der Waals surface area contributed by atoms with Crippen LogP contribution in [0.2, 0.25) is 5.02 Å². The van der Waals surface area contributed by atoms with Gasteiger partial charge in [-0.15, -0.1) is 0 Å². The molecule has 0 atom stereocenters. The summed E-state index contributed by atoms with van der Waals surface area (Å²) in [4.78, 5) is 26.6. The Kier molecular flexibility index (Phi) is 4.80. The van der Waals surface area contributed by atoms with E-state index in [0.29, 0.717) is 11.3 Å². The molecule has 0 aliphatic carbocycles. The smallest absolute Gasteiger partial charge is 0.270 e. The molecule has 1 aliphatic heterocycles. The first-order valence-corrected chi connectivity index (χ1v) is 8.54. The summed E-state index contributed by atoms with van der Waals surface area (Å²) in [6, 6.07) is 9.97. The molecule has 2 aromatic carbocycles. The zero-order valence-corrected chi connectivity index (χ0v) is 15.6. The van der Waals surface area contributed by atoms with Gasteiger partial charge in [-0.1, -0.05) is 29.8 Å². The number of thiocarbonyl (C=S) groups is 1. The molecule has 5 nitrogen and oxygen atoms in total. The third-order valence-electron chi connectivity index (χ3n) is 4.20. The summed E-state index contributed by atoms with van der Waals surface area (Å²) >= 11 is 11.1. The molecular formula is C19H15ClN2O3S. The van der Waals surface area contributed by atoms with Crippen molar-refractivity contribution in [1.82, 2.24) is 5.32 Å². The van der Waals surface area contributed by atoms with E-state index >= 15 is 0 Å². The first-order chi connectivity index (χ1) is 12.3. The second-order valence-electron chi connectivity index (χ2n) is 5.89.